The van der Waals surface area contributed by atoms with Gasteiger partial charge in [0.25, 0.3) is 0 Å². The summed E-state index contributed by atoms with van der Waals surface area (Å²) in [5, 5.41) is 8.25. The molecule has 0 aliphatic rings. The lowest BCUT2D eigenvalue weighted by Gasteiger charge is -1.94. The Morgan fingerprint density at radius 1 is 1.69 bits per heavy atom. The van der Waals surface area contributed by atoms with Gasteiger partial charge in [0.05, 0.1) is 0 Å². The summed E-state index contributed by atoms with van der Waals surface area (Å²) in [4.78, 5) is 14.0. The van der Waals surface area contributed by atoms with Gasteiger partial charge in [-0.2, -0.15) is 4.39 Å². The molecule has 68 valence electrons. The Morgan fingerprint density at radius 2 is 2.38 bits per heavy atom. The molecule has 0 aliphatic heterocycles. The van der Waals surface area contributed by atoms with Crippen LogP contribution in [0.4, 0.5) is 4.39 Å². The van der Waals surface area contributed by atoms with Gasteiger partial charge in [-0.05, 0) is 30.7 Å². The van der Waals surface area contributed by atoms with Crippen LogP contribution in [0.15, 0.2) is 24.2 Å². The molecule has 0 spiro atoms. The van der Waals surface area contributed by atoms with E-state index in [0.717, 1.165) is 6.08 Å². The lowest BCUT2D eigenvalue weighted by atomic mass is 10.2. The van der Waals surface area contributed by atoms with E-state index in [4.69, 9.17) is 5.11 Å². The summed E-state index contributed by atoms with van der Waals surface area (Å²) in [6.07, 6.45) is 2.45. The molecule has 0 radical (unpaired) electrons. The van der Waals surface area contributed by atoms with Gasteiger partial charge in [0, 0.05) is 11.9 Å². The number of carbonyl (C=O) groups is 1. The summed E-state index contributed by atoms with van der Waals surface area (Å²) in [7, 11) is 0. The van der Waals surface area contributed by atoms with Crippen LogP contribution < -0.4 is 0 Å². The van der Waals surface area contributed by atoms with Crippen molar-refractivity contribution in [3.8, 4) is 0 Å². The van der Waals surface area contributed by atoms with Crippen LogP contribution in [0, 0.1) is 6.92 Å². The van der Waals surface area contributed by atoms with Crippen molar-refractivity contribution in [2.45, 2.75) is 6.92 Å². The molecule has 0 aromatic carbocycles. The largest absolute Gasteiger partial charge is 0.476 e. The highest BCUT2D eigenvalue weighted by Gasteiger charge is 2.04. The van der Waals surface area contributed by atoms with E-state index < -0.39 is 11.8 Å². The second-order valence-electron chi connectivity index (χ2n) is 2.53. The normalized spacial score (nSPS) is 11.4. The molecule has 1 heterocycles. The number of carboxylic acids is 1. The van der Waals surface area contributed by atoms with Crippen LogP contribution in [-0.4, -0.2) is 16.1 Å². The third-order valence-electron chi connectivity index (χ3n) is 1.42. The second kappa shape index (κ2) is 3.80. The smallest absolute Gasteiger partial charge is 0.364 e. The van der Waals surface area contributed by atoms with Crippen molar-refractivity contribution in [3.05, 3.63) is 35.4 Å². The molecule has 0 amide bonds. The zero-order valence-corrected chi connectivity index (χ0v) is 6.99. The molecule has 13 heavy (non-hydrogen) atoms. The van der Waals surface area contributed by atoms with E-state index in [0.29, 0.717) is 11.3 Å². The highest BCUT2D eigenvalue weighted by molar-refractivity contribution is 5.89. The maximum Gasteiger partial charge on any atom is 0.364 e. The van der Waals surface area contributed by atoms with Crippen LogP contribution in [0.2, 0.25) is 0 Å². The van der Waals surface area contributed by atoms with E-state index in [1.165, 1.54) is 12.3 Å². The highest BCUT2D eigenvalue weighted by Crippen LogP contribution is 2.08. The van der Waals surface area contributed by atoms with Crippen LogP contribution in [0.3, 0.4) is 0 Å². The predicted molar refractivity (Wildman–Crippen MR) is 45.7 cm³/mol. The van der Waals surface area contributed by atoms with Crippen molar-refractivity contribution >= 4 is 12.0 Å². The predicted octanol–water partition coefficient (Wildman–Crippen LogP) is 1.79. The topological polar surface area (TPSA) is 50.2 Å². The van der Waals surface area contributed by atoms with Crippen molar-refractivity contribution < 1.29 is 14.3 Å². The molecule has 0 bridgehead atoms. The summed E-state index contributed by atoms with van der Waals surface area (Å²) in [5.41, 5.74) is 1.21. The van der Waals surface area contributed by atoms with E-state index in [2.05, 4.69) is 4.98 Å². The SMILES string of the molecule is Cc1cc(C=C(F)C(=O)O)ccn1. The van der Waals surface area contributed by atoms with Crippen LogP contribution in [0.1, 0.15) is 11.3 Å². The highest BCUT2D eigenvalue weighted by atomic mass is 19.1. The molecule has 3 nitrogen and oxygen atoms in total. The monoisotopic (exact) mass is 181 g/mol. The quantitative estimate of drug-likeness (QED) is 0.707. The van der Waals surface area contributed by atoms with Gasteiger partial charge in [-0.25, -0.2) is 4.79 Å². The van der Waals surface area contributed by atoms with Crippen molar-refractivity contribution in [1.82, 2.24) is 4.98 Å². The van der Waals surface area contributed by atoms with Crippen LogP contribution >= 0.6 is 0 Å². The number of carboxylic acid groups (broad SMARTS) is 1. The van der Waals surface area contributed by atoms with Gasteiger partial charge in [0.2, 0.25) is 5.83 Å². The molecular formula is C9H8FNO2. The molecule has 0 atom stereocenters. The van der Waals surface area contributed by atoms with E-state index in [9.17, 15) is 9.18 Å². The average molecular weight is 181 g/mol. The number of hydrogen-bond acceptors (Lipinski definition) is 2. The molecule has 0 unspecified atom stereocenters. The Kier molecular flexibility index (Phi) is 2.74. The van der Waals surface area contributed by atoms with E-state index >= 15 is 0 Å². The van der Waals surface area contributed by atoms with Gasteiger partial charge in [-0.1, -0.05) is 0 Å². The Balaban J connectivity index is 2.97. The van der Waals surface area contributed by atoms with Crippen molar-refractivity contribution in [2.24, 2.45) is 0 Å². The number of aliphatic carboxylic acids is 1. The summed E-state index contributed by atoms with van der Waals surface area (Å²) < 4.78 is 12.6. The van der Waals surface area contributed by atoms with Gasteiger partial charge < -0.3 is 5.11 Å². The van der Waals surface area contributed by atoms with Gasteiger partial charge in [0.1, 0.15) is 0 Å². The molecule has 0 fully saturated rings. The number of pyridine rings is 1. The Hall–Kier alpha value is -1.71. The van der Waals surface area contributed by atoms with Crippen LogP contribution in [0.5, 0.6) is 0 Å². The summed E-state index contributed by atoms with van der Waals surface area (Å²) >= 11 is 0. The molecule has 1 N–H and O–H groups in total. The van der Waals surface area contributed by atoms with E-state index in [-0.39, 0.29) is 0 Å². The fourth-order valence-corrected chi connectivity index (χ4v) is 0.865. The maximum atomic E-state index is 12.6. The number of aryl methyl sites for hydroxylation is 1. The maximum absolute atomic E-state index is 12.6. The molecule has 1 aromatic rings. The minimum Gasteiger partial charge on any atom is -0.476 e. The molecule has 0 aliphatic carbocycles. The average Bonchev–Trinajstić information content (AvgIpc) is 2.04. The van der Waals surface area contributed by atoms with Crippen LogP contribution in [-0.2, 0) is 4.79 Å². The molecule has 4 heteroatoms. The van der Waals surface area contributed by atoms with Gasteiger partial charge in [-0.3, -0.25) is 4.98 Å². The first-order chi connectivity index (χ1) is 6.09. The standard InChI is InChI=1S/C9H8FNO2/c1-6-4-7(2-3-11-6)5-8(10)9(12)13/h2-5H,1H3,(H,12,13). The van der Waals surface area contributed by atoms with Gasteiger partial charge in [0.15, 0.2) is 0 Å². The van der Waals surface area contributed by atoms with E-state index in [1.807, 2.05) is 0 Å². The van der Waals surface area contributed by atoms with Gasteiger partial charge >= 0.3 is 5.97 Å². The first-order valence-electron chi connectivity index (χ1n) is 3.63. The summed E-state index contributed by atoms with van der Waals surface area (Å²) in [6.45, 7) is 1.75. The number of halogens is 1. The minimum atomic E-state index is -1.56. The molecule has 0 saturated heterocycles. The fourth-order valence-electron chi connectivity index (χ4n) is 0.865. The Labute approximate surface area is 74.5 Å². The zero-order valence-electron chi connectivity index (χ0n) is 6.99. The lowest BCUT2D eigenvalue weighted by molar-refractivity contribution is -0.134. The first kappa shape index (κ1) is 9.38. The second-order valence-corrected chi connectivity index (χ2v) is 2.53. The van der Waals surface area contributed by atoms with Crippen molar-refractivity contribution in [3.63, 3.8) is 0 Å². The number of hydrogen-bond donors (Lipinski definition) is 1. The molecule has 1 rings (SSSR count). The number of rotatable bonds is 2. The number of nitrogens with zero attached hydrogens (tertiary/aromatic N) is 1. The molecule has 1 aromatic heterocycles. The van der Waals surface area contributed by atoms with Gasteiger partial charge in [-0.15, -0.1) is 0 Å². The van der Waals surface area contributed by atoms with Crippen molar-refractivity contribution in [1.29, 1.82) is 0 Å². The van der Waals surface area contributed by atoms with E-state index in [1.54, 1.807) is 13.0 Å². The summed E-state index contributed by atoms with van der Waals surface area (Å²) in [5.74, 6) is -2.74. The molecular weight excluding hydrogens is 173 g/mol. The minimum absolute atomic E-state index is 0.493. The third-order valence-corrected chi connectivity index (χ3v) is 1.42. The zero-order chi connectivity index (χ0) is 9.84. The third kappa shape index (κ3) is 2.66. The Bertz CT molecular complexity index is 360. The Morgan fingerprint density at radius 3 is 2.92 bits per heavy atom. The fraction of sp³-hybridized carbons (Fsp3) is 0.111. The summed E-state index contributed by atoms with van der Waals surface area (Å²) in [6, 6.07) is 3.14. The lowest BCUT2D eigenvalue weighted by Crippen LogP contribution is -1.94. The van der Waals surface area contributed by atoms with Crippen LogP contribution in [0.25, 0.3) is 6.08 Å². The van der Waals surface area contributed by atoms with Crippen molar-refractivity contribution in [2.75, 3.05) is 0 Å². The molecule has 0 saturated carbocycles. The number of aromatic nitrogens is 1. The first-order valence-corrected chi connectivity index (χ1v) is 3.63.